The molecule has 0 saturated carbocycles. The topological polar surface area (TPSA) is 64.0 Å². The minimum Gasteiger partial charge on any atom is -0.310 e. The lowest BCUT2D eigenvalue weighted by Gasteiger charge is -2.11. The fourth-order valence-corrected chi connectivity index (χ4v) is 3.81. The van der Waals surface area contributed by atoms with Gasteiger partial charge in [0.05, 0.1) is 22.9 Å². The van der Waals surface area contributed by atoms with Gasteiger partial charge in [0.15, 0.2) is 0 Å². The number of hydrogen-bond donors (Lipinski definition) is 1. The predicted molar refractivity (Wildman–Crippen MR) is 87.4 cm³/mol. The van der Waals surface area contributed by atoms with Gasteiger partial charge in [-0.1, -0.05) is 24.6 Å². The average Bonchev–Trinajstić information content (AvgIpc) is 2.98. The fraction of sp³-hybridized carbons (Fsp3) is 0.375. The Morgan fingerprint density at radius 2 is 2.05 bits per heavy atom. The summed E-state index contributed by atoms with van der Waals surface area (Å²) in [6.45, 7) is 4.00. The number of carbonyl (C=O) groups is 1. The molecule has 2 heterocycles. The van der Waals surface area contributed by atoms with Crippen LogP contribution in [0.3, 0.4) is 0 Å². The van der Waals surface area contributed by atoms with Gasteiger partial charge >= 0.3 is 0 Å². The first kappa shape index (κ1) is 15.0. The highest BCUT2D eigenvalue weighted by Crippen LogP contribution is 2.31. The van der Waals surface area contributed by atoms with Crippen LogP contribution in [0.1, 0.15) is 36.6 Å². The van der Waals surface area contributed by atoms with E-state index in [1.807, 2.05) is 38.1 Å². The number of rotatable bonds is 4. The standard InChI is InChI=1S/C16H19N3O2S/c1-3-4-15(20)17-16-13-9-22(21)10-14(13)18-19(16)12-7-5-11(2)6-8-12/h5-8H,3-4,9-10H2,1-2H3,(H,17,20)/t22-/m1/s1. The first-order chi connectivity index (χ1) is 10.6. The number of nitrogens with zero attached hydrogens (tertiary/aromatic N) is 2. The highest BCUT2D eigenvalue weighted by atomic mass is 32.2. The summed E-state index contributed by atoms with van der Waals surface area (Å²) >= 11 is 0. The Morgan fingerprint density at radius 3 is 2.73 bits per heavy atom. The zero-order chi connectivity index (χ0) is 15.7. The molecule has 22 heavy (non-hydrogen) atoms. The number of fused-ring (bicyclic) bond motifs is 1. The Labute approximate surface area is 132 Å². The van der Waals surface area contributed by atoms with Gasteiger partial charge in [-0.15, -0.1) is 0 Å². The molecule has 0 saturated heterocycles. The van der Waals surface area contributed by atoms with Crippen LogP contribution < -0.4 is 5.32 Å². The first-order valence-electron chi connectivity index (χ1n) is 7.41. The smallest absolute Gasteiger partial charge is 0.225 e. The van der Waals surface area contributed by atoms with Crippen molar-refractivity contribution in [2.75, 3.05) is 5.32 Å². The predicted octanol–water partition coefficient (Wildman–Crippen LogP) is 2.68. The van der Waals surface area contributed by atoms with E-state index in [0.717, 1.165) is 23.4 Å². The molecule has 6 heteroatoms. The van der Waals surface area contributed by atoms with Crippen LogP contribution in [0.4, 0.5) is 5.82 Å². The van der Waals surface area contributed by atoms with Crippen LogP contribution in [0.2, 0.25) is 0 Å². The third-order valence-electron chi connectivity index (χ3n) is 3.68. The number of aromatic nitrogens is 2. The number of aryl methyl sites for hydroxylation is 1. The minimum absolute atomic E-state index is 0.0313. The van der Waals surface area contributed by atoms with E-state index in [1.54, 1.807) is 4.68 Å². The summed E-state index contributed by atoms with van der Waals surface area (Å²) in [7, 11) is -0.913. The normalized spacial score (nSPS) is 16.5. The lowest BCUT2D eigenvalue weighted by molar-refractivity contribution is -0.116. The second-order valence-electron chi connectivity index (χ2n) is 5.55. The monoisotopic (exact) mass is 317 g/mol. The van der Waals surface area contributed by atoms with Crippen LogP contribution in [0.15, 0.2) is 24.3 Å². The van der Waals surface area contributed by atoms with Gasteiger partial charge in [0.25, 0.3) is 0 Å². The number of carbonyl (C=O) groups excluding carboxylic acids is 1. The van der Waals surface area contributed by atoms with Gasteiger partial charge in [-0.25, -0.2) is 4.68 Å². The van der Waals surface area contributed by atoms with E-state index in [0.29, 0.717) is 23.7 Å². The lowest BCUT2D eigenvalue weighted by atomic mass is 10.2. The van der Waals surface area contributed by atoms with E-state index in [9.17, 15) is 9.00 Å². The highest BCUT2D eigenvalue weighted by molar-refractivity contribution is 7.83. The molecule has 1 N–H and O–H groups in total. The molecule has 1 atom stereocenters. The van der Waals surface area contributed by atoms with Crippen molar-refractivity contribution in [1.29, 1.82) is 0 Å². The Bertz CT molecular complexity index is 735. The van der Waals surface area contributed by atoms with E-state index in [2.05, 4.69) is 10.4 Å². The van der Waals surface area contributed by atoms with E-state index in [-0.39, 0.29) is 5.91 Å². The Kier molecular flexibility index (Phi) is 4.11. The third kappa shape index (κ3) is 2.83. The summed E-state index contributed by atoms with van der Waals surface area (Å²) in [5, 5.41) is 7.52. The molecule has 0 spiro atoms. The first-order valence-corrected chi connectivity index (χ1v) is 8.90. The summed E-state index contributed by atoms with van der Waals surface area (Å²) in [5.41, 5.74) is 3.80. The second kappa shape index (κ2) is 6.04. The highest BCUT2D eigenvalue weighted by Gasteiger charge is 2.28. The molecular formula is C16H19N3O2S. The number of amides is 1. The van der Waals surface area contributed by atoms with Gasteiger partial charge in [-0.2, -0.15) is 5.10 Å². The molecule has 1 aliphatic heterocycles. The Balaban J connectivity index is 2.02. The lowest BCUT2D eigenvalue weighted by Crippen LogP contribution is -2.15. The van der Waals surface area contributed by atoms with Gasteiger partial charge in [-0.05, 0) is 25.5 Å². The van der Waals surface area contributed by atoms with Gasteiger partial charge in [0.2, 0.25) is 5.91 Å². The summed E-state index contributed by atoms with van der Waals surface area (Å²) in [4.78, 5) is 12.0. The Morgan fingerprint density at radius 1 is 1.32 bits per heavy atom. The SMILES string of the molecule is CCCC(=O)Nc1c2c(nn1-c1ccc(C)cc1)C[S@](=O)C2. The van der Waals surface area contributed by atoms with Crippen LogP contribution in [0.5, 0.6) is 0 Å². The fourth-order valence-electron chi connectivity index (χ4n) is 2.55. The van der Waals surface area contributed by atoms with Crippen molar-refractivity contribution < 1.29 is 9.00 Å². The number of nitrogens with one attached hydrogen (secondary N) is 1. The maximum absolute atomic E-state index is 12.0. The molecule has 1 aromatic carbocycles. The van der Waals surface area contributed by atoms with Crippen molar-refractivity contribution in [3.8, 4) is 5.69 Å². The van der Waals surface area contributed by atoms with Crippen LogP contribution in [0.25, 0.3) is 5.69 Å². The molecule has 1 amide bonds. The molecule has 0 bridgehead atoms. The summed E-state index contributed by atoms with van der Waals surface area (Å²) in [6.07, 6.45) is 1.26. The largest absolute Gasteiger partial charge is 0.310 e. The molecule has 116 valence electrons. The minimum atomic E-state index is -0.913. The van der Waals surface area contributed by atoms with Crippen LogP contribution in [-0.2, 0) is 27.1 Å². The van der Waals surface area contributed by atoms with Gasteiger partial charge in [0.1, 0.15) is 5.82 Å². The molecule has 0 unspecified atom stereocenters. The van der Waals surface area contributed by atoms with Crippen LogP contribution in [-0.4, -0.2) is 19.9 Å². The van der Waals surface area contributed by atoms with Gasteiger partial charge < -0.3 is 5.32 Å². The van der Waals surface area contributed by atoms with Crippen molar-refractivity contribution in [2.24, 2.45) is 0 Å². The quantitative estimate of drug-likeness (QED) is 0.943. The zero-order valence-corrected chi connectivity index (χ0v) is 13.6. The third-order valence-corrected chi connectivity index (χ3v) is 4.89. The molecule has 2 aromatic rings. The second-order valence-corrected chi connectivity index (χ2v) is 7.00. The van der Waals surface area contributed by atoms with Crippen molar-refractivity contribution in [2.45, 2.75) is 38.2 Å². The van der Waals surface area contributed by atoms with Crippen molar-refractivity contribution in [3.63, 3.8) is 0 Å². The number of benzene rings is 1. The molecule has 3 rings (SSSR count). The molecule has 0 aliphatic carbocycles. The molecule has 5 nitrogen and oxygen atoms in total. The van der Waals surface area contributed by atoms with Gasteiger partial charge in [0, 0.05) is 22.8 Å². The van der Waals surface area contributed by atoms with Crippen LogP contribution >= 0.6 is 0 Å². The molecule has 1 aromatic heterocycles. The molecule has 1 aliphatic rings. The summed E-state index contributed by atoms with van der Waals surface area (Å²) in [5.74, 6) is 1.56. The van der Waals surface area contributed by atoms with Gasteiger partial charge in [-0.3, -0.25) is 9.00 Å². The van der Waals surface area contributed by atoms with E-state index < -0.39 is 10.8 Å². The molecule has 0 fully saturated rings. The average molecular weight is 317 g/mol. The van der Waals surface area contributed by atoms with Crippen molar-refractivity contribution in [3.05, 3.63) is 41.1 Å². The van der Waals surface area contributed by atoms with E-state index >= 15 is 0 Å². The molecule has 0 radical (unpaired) electrons. The number of anilines is 1. The van der Waals surface area contributed by atoms with E-state index in [4.69, 9.17) is 0 Å². The van der Waals surface area contributed by atoms with Crippen molar-refractivity contribution >= 4 is 22.5 Å². The van der Waals surface area contributed by atoms with Crippen molar-refractivity contribution in [1.82, 2.24) is 9.78 Å². The Hall–Kier alpha value is -1.95. The number of hydrogen-bond acceptors (Lipinski definition) is 3. The maximum atomic E-state index is 12.0. The van der Waals surface area contributed by atoms with Crippen LogP contribution in [0, 0.1) is 6.92 Å². The van der Waals surface area contributed by atoms with E-state index in [1.165, 1.54) is 5.56 Å². The summed E-state index contributed by atoms with van der Waals surface area (Å²) < 4.78 is 13.5. The molecular weight excluding hydrogens is 298 g/mol. The summed E-state index contributed by atoms with van der Waals surface area (Å²) in [6, 6.07) is 7.98. The maximum Gasteiger partial charge on any atom is 0.225 e. The zero-order valence-electron chi connectivity index (χ0n) is 12.8.